The van der Waals surface area contributed by atoms with E-state index in [9.17, 15) is 31.1 Å². The highest BCUT2D eigenvalue weighted by Crippen LogP contribution is 2.49. The standard InChI is InChI=1S/C14H9F6NO2/c1-2-3-4-5-13(14(18,19)20)9-10(17)7(15)6-8(16)11(9)21-12(22)23-13/h6H,2-3H2,1H3,(H,21,22). The molecule has 0 bridgehead atoms. The molecule has 1 aliphatic heterocycles. The zero-order chi connectivity index (χ0) is 17.4. The quantitative estimate of drug-likeness (QED) is 0.473. The van der Waals surface area contributed by atoms with E-state index in [4.69, 9.17) is 0 Å². The van der Waals surface area contributed by atoms with E-state index < -0.39 is 46.6 Å². The van der Waals surface area contributed by atoms with Gasteiger partial charge in [0.2, 0.25) is 0 Å². The molecule has 1 aromatic rings. The number of unbranched alkanes of at least 4 members (excludes halogenated alkanes) is 1. The fourth-order valence-corrected chi connectivity index (χ4v) is 2.04. The molecule has 0 aliphatic carbocycles. The molecular weight excluding hydrogens is 328 g/mol. The maximum atomic E-state index is 14.0. The summed E-state index contributed by atoms with van der Waals surface area (Å²) >= 11 is 0. The van der Waals surface area contributed by atoms with E-state index in [1.54, 1.807) is 18.2 Å². The van der Waals surface area contributed by atoms with Crippen molar-refractivity contribution in [1.82, 2.24) is 0 Å². The van der Waals surface area contributed by atoms with Gasteiger partial charge in [0, 0.05) is 12.5 Å². The predicted molar refractivity (Wildman–Crippen MR) is 66.8 cm³/mol. The Kier molecular flexibility index (Phi) is 4.20. The molecule has 0 radical (unpaired) electrons. The van der Waals surface area contributed by atoms with Crippen LogP contribution in [0.4, 0.5) is 36.8 Å². The Labute approximate surface area is 126 Å². The average molecular weight is 337 g/mol. The number of amides is 1. The lowest BCUT2D eigenvalue weighted by Crippen LogP contribution is -2.50. The van der Waals surface area contributed by atoms with E-state index in [2.05, 4.69) is 10.7 Å². The van der Waals surface area contributed by atoms with E-state index >= 15 is 0 Å². The van der Waals surface area contributed by atoms with Crippen LogP contribution in [-0.2, 0) is 10.3 Å². The molecule has 0 spiro atoms. The van der Waals surface area contributed by atoms with Crippen molar-refractivity contribution in [2.24, 2.45) is 0 Å². The smallest absolute Gasteiger partial charge is 0.415 e. The highest BCUT2D eigenvalue weighted by molar-refractivity contribution is 5.90. The maximum absolute atomic E-state index is 14.0. The number of nitrogens with one attached hydrogen (secondary N) is 1. The predicted octanol–water partition coefficient (Wildman–Crippen LogP) is 4.23. The first kappa shape index (κ1) is 17.0. The molecule has 124 valence electrons. The molecule has 1 atom stereocenters. The zero-order valence-corrected chi connectivity index (χ0v) is 11.6. The summed E-state index contributed by atoms with van der Waals surface area (Å²) in [6.07, 6.45) is -6.73. The monoisotopic (exact) mass is 337 g/mol. The van der Waals surface area contributed by atoms with Crippen LogP contribution in [0.25, 0.3) is 0 Å². The van der Waals surface area contributed by atoms with Crippen molar-refractivity contribution < 1.29 is 35.9 Å². The van der Waals surface area contributed by atoms with Crippen LogP contribution in [-0.4, -0.2) is 12.3 Å². The van der Waals surface area contributed by atoms with Crippen molar-refractivity contribution in [3.05, 3.63) is 29.1 Å². The minimum Gasteiger partial charge on any atom is -0.415 e. The highest BCUT2D eigenvalue weighted by atomic mass is 19.4. The van der Waals surface area contributed by atoms with E-state index in [0.717, 1.165) is 0 Å². The molecule has 9 heteroatoms. The molecule has 1 aromatic carbocycles. The lowest BCUT2D eigenvalue weighted by Gasteiger charge is -2.36. The van der Waals surface area contributed by atoms with Crippen LogP contribution in [0.5, 0.6) is 0 Å². The van der Waals surface area contributed by atoms with Gasteiger partial charge in [-0.3, -0.25) is 5.32 Å². The number of cyclic esters (lactones) is 1. The molecule has 1 N–H and O–H groups in total. The van der Waals surface area contributed by atoms with Gasteiger partial charge in [-0.2, -0.15) is 13.2 Å². The number of ether oxygens (including phenoxy) is 1. The number of carbonyl (C=O) groups is 1. The minimum atomic E-state index is -5.42. The van der Waals surface area contributed by atoms with Crippen LogP contribution in [0.1, 0.15) is 25.3 Å². The van der Waals surface area contributed by atoms with Gasteiger partial charge in [0.1, 0.15) is 5.82 Å². The second-order valence-electron chi connectivity index (χ2n) is 4.65. The molecule has 1 amide bonds. The molecule has 2 rings (SSSR count). The summed E-state index contributed by atoms with van der Waals surface area (Å²) in [5.74, 6) is -1.70. The van der Waals surface area contributed by atoms with Crippen molar-refractivity contribution in [3.8, 4) is 11.8 Å². The average Bonchev–Trinajstić information content (AvgIpc) is 2.43. The summed E-state index contributed by atoms with van der Waals surface area (Å²) in [6, 6.07) is 0.0281. The summed E-state index contributed by atoms with van der Waals surface area (Å²) < 4.78 is 85.8. The summed E-state index contributed by atoms with van der Waals surface area (Å²) in [4.78, 5) is 11.4. The number of hydrogen-bond acceptors (Lipinski definition) is 2. The topological polar surface area (TPSA) is 38.3 Å². The third-order valence-electron chi connectivity index (χ3n) is 3.03. The SMILES string of the molecule is CCCC#CC1(C(F)(F)F)OC(=O)Nc2c(F)cc(F)c(F)c21. The van der Waals surface area contributed by atoms with E-state index in [-0.39, 0.29) is 12.5 Å². The van der Waals surface area contributed by atoms with Gasteiger partial charge in [0.15, 0.2) is 11.6 Å². The number of rotatable bonds is 1. The van der Waals surface area contributed by atoms with Crippen molar-refractivity contribution in [1.29, 1.82) is 0 Å². The molecule has 0 fully saturated rings. The molecule has 23 heavy (non-hydrogen) atoms. The number of hydrogen-bond donors (Lipinski definition) is 1. The van der Waals surface area contributed by atoms with Crippen LogP contribution in [0.15, 0.2) is 6.07 Å². The molecule has 0 saturated heterocycles. The Morgan fingerprint density at radius 3 is 2.48 bits per heavy atom. The van der Waals surface area contributed by atoms with Crippen LogP contribution >= 0.6 is 0 Å². The maximum Gasteiger partial charge on any atom is 0.445 e. The minimum absolute atomic E-state index is 0.0163. The summed E-state index contributed by atoms with van der Waals surface area (Å²) in [7, 11) is 0. The third-order valence-corrected chi connectivity index (χ3v) is 3.03. The molecule has 0 aromatic heterocycles. The molecule has 1 aliphatic rings. The van der Waals surface area contributed by atoms with Crippen LogP contribution in [0, 0.1) is 29.3 Å². The Morgan fingerprint density at radius 2 is 1.91 bits per heavy atom. The molecule has 1 unspecified atom stereocenters. The molecule has 0 saturated carbocycles. The normalized spacial score (nSPS) is 20.0. The van der Waals surface area contributed by atoms with Crippen LogP contribution in [0.3, 0.4) is 0 Å². The number of fused-ring (bicyclic) bond motifs is 1. The van der Waals surface area contributed by atoms with Gasteiger partial charge in [0.25, 0.3) is 5.60 Å². The first-order chi connectivity index (χ1) is 10.6. The van der Waals surface area contributed by atoms with Gasteiger partial charge in [-0.05, 0) is 12.3 Å². The lowest BCUT2D eigenvalue weighted by molar-refractivity contribution is -0.240. The van der Waals surface area contributed by atoms with Crippen molar-refractivity contribution >= 4 is 11.8 Å². The largest absolute Gasteiger partial charge is 0.445 e. The Hall–Kier alpha value is -2.37. The van der Waals surface area contributed by atoms with Crippen molar-refractivity contribution in [3.63, 3.8) is 0 Å². The summed E-state index contributed by atoms with van der Waals surface area (Å²) in [6.45, 7) is 1.62. The van der Waals surface area contributed by atoms with Gasteiger partial charge in [-0.15, -0.1) is 0 Å². The number of benzene rings is 1. The summed E-state index contributed by atoms with van der Waals surface area (Å²) in [5, 5.41) is 1.60. The number of halogens is 6. The van der Waals surface area contributed by atoms with E-state index in [0.29, 0.717) is 6.42 Å². The van der Waals surface area contributed by atoms with Gasteiger partial charge in [-0.25, -0.2) is 18.0 Å². The number of anilines is 1. The Balaban J connectivity index is 2.86. The highest BCUT2D eigenvalue weighted by Gasteiger charge is 2.64. The lowest BCUT2D eigenvalue weighted by atomic mass is 9.89. The number of carbonyl (C=O) groups excluding carboxylic acids is 1. The second kappa shape index (κ2) is 5.68. The Morgan fingerprint density at radius 1 is 1.26 bits per heavy atom. The van der Waals surface area contributed by atoms with Crippen molar-refractivity contribution in [2.75, 3.05) is 5.32 Å². The van der Waals surface area contributed by atoms with Gasteiger partial charge in [-0.1, -0.05) is 12.8 Å². The Bertz CT molecular complexity index is 719. The van der Waals surface area contributed by atoms with Crippen LogP contribution < -0.4 is 5.32 Å². The molecule has 1 heterocycles. The molecule has 3 nitrogen and oxygen atoms in total. The molecular formula is C14H9F6NO2. The fraction of sp³-hybridized carbons (Fsp3) is 0.357. The third kappa shape index (κ3) is 2.69. The van der Waals surface area contributed by atoms with Gasteiger partial charge >= 0.3 is 12.3 Å². The zero-order valence-electron chi connectivity index (χ0n) is 11.6. The van der Waals surface area contributed by atoms with Gasteiger partial charge < -0.3 is 4.74 Å². The number of alkyl halides is 3. The van der Waals surface area contributed by atoms with Crippen molar-refractivity contribution in [2.45, 2.75) is 31.5 Å². The van der Waals surface area contributed by atoms with Gasteiger partial charge in [0.05, 0.1) is 11.3 Å². The van der Waals surface area contributed by atoms with E-state index in [1.807, 2.05) is 0 Å². The van der Waals surface area contributed by atoms with E-state index in [1.165, 1.54) is 0 Å². The summed E-state index contributed by atoms with van der Waals surface area (Å²) in [5.41, 5.74) is -6.47. The second-order valence-corrected chi connectivity index (χ2v) is 4.65. The first-order valence-electron chi connectivity index (χ1n) is 6.38. The van der Waals surface area contributed by atoms with Crippen LogP contribution in [0.2, 0.25) is 0 Å². The fourth-order valence-electron chi connectivity index (χ4n) is 2.04. The first-order valence-corrected chi connectivity index (χ1v) is 6.38.